The summed E-state index contributed by atoms with van der Waals surface area (Å²) in [5.41, 5.74) is 6.00. The van der Waals surface area contributed by atoms with Crippen molar-refractivity contribution in [2.45, 2.75) is 18.9 Å². The number of fused-ring (bicyclic) bond motifs is 1. The Labute approximate surface area is 141 Å². The van der Waals surface area contributed by atoms with E-state index in [0.29, 0.717) is 16.9 Å². The number of benzene rings is 1. The molecule has 0 bridgehead atoms. The smallest absolute Gasteiger partial charge is 0.293 e. The summed E-state index contributed by atoms with van der Waals surface area (Å²) in [7, 11) is 0. The van der Waals surface area contributed by atoms with Gasteiger partial charge in [-0.2, -0.15) is 0 Å². The van der Waals surface area contributed by atoms with Gasteiger partial charge < -0.3 is 15.2 Å². The number of rotatable bonds is 3. The van der Waals surface area contributed by atoms with Crippen molar-refractivity contribution in [1.82, 2.24) is 10.1 Å². The summed E-state index contributed by atoms with van der Waals surface area (Å²) in [5, 5.41) is 4.67. The molecule has 0 radical (unpaired) electrons. The van der Waals surface area contributed by atoms with Crippen LogP contribution in [0.2, 0.25) is 0 Å². The number of aromatic nitrogens is 1. The molecule has 7 heteroatoms. The summed E-state index contributed by atoms with van der Waals surface area (Å²) in [4.78, 5) is 27.5. The van der Waals surface area contributed by atoms with E-state index in [4.69, 9.17) is 10.3 Å². The molecule has 0 saturated carbocycles. The molecule has 1 fully saturated rings. The van der Waals surface area contributed by atoms with Gasteiger partial charge in [0.25, 0.3) is 11.8 Å². The number of primary amides is 1. The molecular weight excluding hydrogens is 326 g/mol. The molecule has 2 N–H and O–H groups in total. The zero-order valence-electron chi connectivity index (χ0n) is 12.8. The first-order chi connectivity index (χ1) is 11.6. The summed E-state index contributed by atoms with van der Waals surface area (Å²) < 4.78 is 5.30. The average Bonchev–Trinajstić information content (AvgIpc) is 3.31. The van der Waals surface area contributed by atoms with Crippen LogP contribution < -0.4 is 5.73 Å². The van der Waals surface area contributed by atoms with Crippen LogP contribution in [0.3, 0.4) is 0 Å². The number of nitrogens with two attached hydrogens (primary N) is 1. The van der Waals surface area contributed by atoms with E-state index in [1.54, 1.807) is 11.0 Å². The zero-order valence-corrected chi connectivity index (χ0v) is 13.6. The molecule has 1 unspecified atom stereocenters. The Kier molecular flexibility index (Phi) is 3.57. The Bertz CT molecular complexity index is 930. The lowest BCUT2D eigenvalue weighted by Crippen LogP contribution is -2.30. The molecule has 3 aromatic rings. The number of likely N-dealkylation sites (tertiary alicyclic amines) is 1. The van der Waals surface area contributed by atoms with Crippen molar-refractivity contribution in [2.24, 2.45) is 5.73 Å². The predicted octanol–water partition coefficient (Wildman–Crippen LogP) is 2.97. The number of hydrogen-bond acceptors (Lipinski definition) is 5. The first-order valence-electron chi connectivity index (χ1n) is 7.70. The first kappa shape index (κ1) is 14.9. The van der Waals surface area contributed by atoms with Crippen molar-refractivity contribution in [3.05, 3.63) is 51.9 Å². The van der Waals surface area contributed by atoms with Gasteiger partial charge in [0.2, 0.25) is 5.76 Å². The van der Waals surface area contributed by atoms with E-state index in [2.05, 4.69) is 5.16 Å². The minimum atomic E-state index is -0.441. The van der Waals surface area contributed by atoms with E-state index in [0.717, 1.165) is 23.1 Å². The van der Waals surface area contributed by atoms with Gasteiger partial charge in [0, 0.05) is 11.4 Å². The van der Waals surface area contributed by atoms with E-state index < -0.39 is 5.91 Å². The average molecular weight is 341 g/mol. The second kappa shape index (κ2) is 5.76. The molecule has 0 spiro atoms. The molecule has 24 heavy (non-hydrogen) atoms. The zero-order chi connectivity index (χ0) is 16.7. The molecule has 2 aromatic heterocycles. The van der Waals surface area contributed by atoms with Crippen LogP contribution in [-0.4, -0.2) is 28.4 Å². The van der Waals surface area contributed by atoms with Crippen molar-refractivity contribution < 1.29 is 14.1 Å². The van der Waals surface area contributed by atoms with Gasteiger partial charge in [0.1, 0.15) is 5.52 Å². The van der Waals surface area contributed by atoms with Crippen LogP contribution in [0.25, 0.3) is 10.9 Å². The quantitative estimate of drug-likeness (QED) is 0.793. The first-order valence-corrected chi connectivity index (χ1v) is 8.51. The van der Waals surface area contributed by atoms with Crippen LogP contribution in [0.15, 0.2) is 40.9 Å². The minimum Gasteiger partial charge on any atom is -0.365 e. The normalized spacial score (nSPS) is 17.5. The highest BCUT2D eigenvalue weighted by Crippen LogP contribution is 2.37. The number of nitrogens with zero attached hydrogens (tertiary/aromatic N) is 2. The van der Waals surface area contributed by atoms with E-state index in [-0.39, 0.29) is 17.7 Å². The number of amides is 2. The third-order valence-electron chi connectivity index (χ3n) is 4.29. The highest BCUT2D eigenvalue weighted by Gasteiger charge is 2.34. The number of carbonyl (C=O) groups excluding carboxylic acids is 2. The molecular formula is C17H15N3O3S. The van der Waals surface area contributed by atoms with Crippen molar-refractivity contribution >= 4 is 34.1 Å². The van der Waals surface area contributed by atoms with Crippen LogP contribution in [-0.2, 0) is 0 Å². The molecule has 3 heterocycles. The second-order valence-electron chi connectivity index (χ2n) is 5.75. The molecule has 6 nitrogen and oxygen atoms in total. The summed E-state index contributed by atoms with van der Waals surface area (Å²) in [5.74, 6) is -0.340. The van der Waals surface area contributed by atoms with Gasteiger partial charge in [-0.25, -0.2) is 0 Å². The van der Waals surface area contributed by atoms with E-state index in [1.165, 1.54) is 11.3 Å². The van der Waals surface area contributed by atoms with Crippen molar-refractivity contribution in [1.29, 1.82) is 0 Å². The van der Waals surface area contributed by atoms with Gasteiger partial charge in [-0.05, 0) is 37.1 Å². The highest BCUT2D eigenvalue weighted by molar-refractivity contribution is 7.14. The fourth-order valence-corrected chi connectivity index (χ4v) is 4.15. The summed E-state index contributed by atoms with van der Waals surface area (Å²) in [6.45, 7) is 0.655. The Balaban J connectivity index is 1.66. The van der Waals surface area contributed by atoms with Gasteiger partial charge in [-0.15, -0.1) is 11.3 Å². The molecule has 1 atom stereocenters. The molecule has 0 aliphatic carbocycles. The standard InChI is InChI=1S/C17H15N3O3S/c18-16(21)14-8-7-13(24-14)12-6-3-9-20(12)17(22)15-10-4-1-2-5-11(10)19-23-15/h1-2,4-5,7-8,12H,3,6,9H2,(H2,18,21). The van der Waals surface area contributed by atoms with Crippen LogP contribution in [0.5, 0.6) is 0 Å². The van der Waals surface area contributed by atoms with E-state index in [9.17, 15) is 9.59 Å². The second-order valence-corrected chi connectivity index (χ2v) is 6.87. The Morgan fingerprint density at radius 2 is 2.08 bits per heavy atom. The maximum atomic E-state index is 13.0. The lowest BCUT2D eigenvalue weighted by Gasteiger charge is -2.22. The van der Waals surface area contributed by atoms with Crippen LogP contribution >= 0.6 is 11.3 Å². The van der Waals surface area contributed by atoms with Crippen molar-refractivity contribution in [3.8, 4) is 0 Å². The topological polar surface area (TPSA) is 89.4 Å². The summed E-state index contributed by atoms with van der Waals surface area (Å²) in [6.07, 6.45) is 1.77. The number of hydrogen-bond donors (Lipinski definition) is 1. The SMILES string of the molecule is NC(=O)c1ccc(C2CCCN2C(=O)c2onc3ccccc23)s1. The molecule has 4 rings (SSSR count). The van der Waals surface area contributed by atoms with E-state index in [1.807, 2.05) is 30.3 Å². The lowest BCUT2D eigenvalue weighted by atomic mass is 10.1. The minimum absolute atomic E-state index is 0.0561. The van der Waals surface area contributed by atoms with Gasteiger partial charge in [-0.3, -0.25) is 9.59 Å². The van der Waals surface area contributed by atoms with Crippen molar-refractivity contribution in [2.75, 3.05) is 6.54 Å². The molecule has 122 valence electrons. The number of carbonyl (C=O) groups is 2. The van der Waals surface area contributed by atoms with Gasteiger partial charge in [0.15, 0.2) is 0 Å². The highest BCUT2D eigenvalue weighted by atomic mass is 32.1. The van der Waals surface area contributed by atoms with Gasteiger partial charge in [-0.1, -0.05) is 17.3 Å². The molecule has 1 aliphatic rings. The Morgan fingerprint density at radius 1 is 1.25 bits per heavy atom. The Hall–Kier alpha value is -2.67. The molecule has 1 saturated heterocycles. The predicted molar refractivity (Wildman–Crippen MR) is 89.9 cm³/mol. The fraction of sp³-hybridized carbons (Fsp3) is 0.235. The number of thiophene rings is 1. The largest absolute Gasteiger partial charge is 0.365 e. The molecule has 1 aliphatic heterocycles. The Morgan fingerprint density at radius 3 is 2.88 bits per heavy atom. The third-order valence-corrected chi connectivity index (χ3v) is 5.49. The van der Waals surface area contributed by atoms with Crippen LogP contribution in [0.1, 0.15) is 44.0 Å². The lowest BCUT2D eigenvalue weighted by molar-refractivity contribution is 0.0698. The maximum Gasteiger partial charge on any atom is 0.293 e. The molecule has 1 aromatic carbocycles. The van der Waals surface area contributed by atoms with E-state index >= 15 is 0 Å². The monoisotopic (exact) mass is 341 g/mol. The fourth-order valence-electron chi connectivity index (χ4n) is 3.14. The van der Waals surface area contributed by atoms with Crippen LogP contribution in [0.4, 0.5) is 0 Å². The maximum absolute atomic E-state index is 13.0. The summed E-state index contributed by atoms with van der Waals surface area (Å²) in [6, 6.07) is 10.9. The van der Waals surface area contributed by atoms with Gasteiger partial charge >= 0.3 is 0 Å². The van der Waals surface area contributed by atoms with Crippen LogP contribution in [0, 0.1) is 0 Å². The molecule has 2 amide bonds. The third kappa shape index (κ3) is 2.37. The van der Waals surface area contributed by atoms with Gasteiger partial charge in [0.05, 0.1) is 16.3 Å². The van der Waals surface area contributed by atoms with Crippen molar-refractivity contribution in [3.63, 3.8) is 0 Å². The summed E-state index contributed by atoms with van der Waals surface area (Å²) >= 11 is 1.35.